The number of ether oxygens (including phenoxy) is 2. The van der Waals surface area contributed by atoms with Crippen LogP contribution in [0.1, 0.15) is 5.56 Å². The molecule has 96 valence electrons. The number of carbonyl (C=O) groups excluding carboxylic acids is 2. The molecule has 1 N–H and O–H groups in total. The monoisotopic (exact) mass is 250 g/mol. The van der Waals surface area contributed by atoms with Gasteiger partial charge in [-0.15, -0.1) is 0 Å². The average molecular weight is 250 g/mol. The van der Waals surface area contributed by atoms with E-state index in [9.17, 15) is 9.59 Å². The highest BCUT2D eigenvalue weighted by Crippen LogP contribution is 2.14. The largest absolute Gasteiger partial charge is 0.508 e. The second-order valence-electron chi connectivity index (χ2n) is 3.53. The van der Waals surface area contributed by atoms with Gasteiger partial charge in [0.05, 0.1) is 14.2 Å². The van der Waals surface area contributed by atoms with Crippen molar-refractivity contribution >= 4 is 11.9 Å². The molecule has 0 unspecified atom stereocenters. The highest BCUT2D eigenvalue weighted by atomic mass is 16.5. The minimum Gasteiger partial charge on any atom is -0.508 e. The predicted molar refractivity (Wildman–Crippen MR) is 63.9 cm³/mol. The number of benzene rings is 1. The van der Waals surface area contributed by atoms with E-state index >= 15 is 0 Å². The van der Waals surface area contributed by atoms with Crippen molar-refractivity contribution < 1.29 is 24.2 Å². The van der Waals surface area contributed by atoms with Crippen LogP contribution < -0.4 is 0 Å². The first-order chi connectivity index (χ1) is 8.56. The molecule has 0 amide bonds. The lowest BCUT2D eigenvalue weighted by atomic mass is 10.0. The maximum atomic E-state index is 11.5. The van der Waals surface area contributed by atoms with Crippen molar-refractivity contribution in [2.75, 3.05) is 14.2 Å². The van der Waals surface area contributed by atoms with Crippen molar-refractivity contribution in [3.63, 3.8) is 0 Å². The van der Waals surface area contributed by atoms with Crippen LogP contribution in [-0.2, 0) is 25.5 Å². The molecule has 0 atom stereocenters. The molecule has 0 aliphatic carbocycles. The van der Waals surface area contributed by atoms with Crippen molar-refractivity contribution in [3.05, 3.63) is 41.5 Å². The molecule has 0 spiro atoms. The van der Waals surface area contributed by atoms with Crippen LogP contribution in [0.4, 0.5) is 0 Å². The van der Waals surface area contributed by atoms with E-state index in [0.717, 1.165) is 11.6 Å². The van der Waals surface area contributed by atoms with Gasteiger partial charge in [-0.25, -0.2) is 9.59 Å². The summed E-state index contributed by atoms with van der Waals surface area (Å²) in [6, 6.07) is 6.32. The Morgan fingerprint density at radius 1 is 1.17 bits per heavy atom. The van der Waals surface area contributed by atoms with E-state index in [4.69, 9.17) is 5.11 Å². The Hall–Kier alpha value is -2.30. The number of aromatic hydroxyl groups is 1. The average Bonchev–Trinajstić information content (AvgIpc) is 2.39. The van der Waals surface area contributed by atoms with E-state index in [0.29, 0.717) is 0 Å². The van der Waals surface area contributed by atoms with E-state index in [1.165, 1.54) is 26.4 Å². The molecule has 0 saturated heterocycles. The molecular weight excluding hydrogens is 236 g/mol. The molecule has 0 saturated carbocycles. The van der Waals surface area contributed by atoms with Gasteiger partial charge in [0.1, 0.15) is 5.75 Å². The molecule has 0 radical (unpaired) electrons. The van der Waals surface area contributed by atoms with Gasteiger partial charge in [-0.3, -0.25) is 0 Å². The lowest BCUT2D eigenvalue weighted by Crippen LogP contribution is -2.10. The van der Waals surface area contributed by atoms with E-state index in [2.05, 4.69) is 9.47 Å². The minimum absolute atomic E-state index is 0.135. The van der Waals surface area contributed by atoms with Gasteiger partial charge in [0, 0.05) is 18.1 Å². The molecule has 0 aromatic heterocycles. The standard InChI is InChI=1S/C13H14O5/c1-17-12(15)8-10(13(16)18-2)7-9-3-5-11(14)6-4-9/h3-6,8,14H,7H2,1-2H3/b10-8+. The van der Waals surface area contributed by atoms with Crippen molar-refractivity contribution in [2.45, 2.75) is 6.42 Å². The first-order valence-corrected chi connectivity index (χ1v) is 5.21. The van der Waals surface area contributed by atoms with Crippen LogP contribution in [0, 0.1) is 0 Å². The van der Waals surface area contributed by atoms with Gasteiger partial charge in [0.15, 0.2) is 0 Å². The Labute approximate surface area is 105 Å². The fourth-order valence-electron chi connectivity index (χ4n) is 1.35. The zero-order chi connectivity index (χ0) is 13.5. The summed E-state index contributed by atoms with van der Waals surface area (Å²) in [6.07, 6.45) is 1.32. The van der Waals surface area contributed by atoms with Gasteiger partial charge in [-0.1, -0.05) is 12.1 Å². The maximum Gasteiger partial charge on any atom is 0.334 e. The molecule has 5 heteroatoms. The Balaban J connectivity index is 2.91. The number of esters is 2. The van der Waals surface area contributed by atoms with E-state index in [1.807, 2.05) is 0 Å². The van der Waals surface area contributed by atoms with Crippen molar-refractivity contribution in [1.29, 1.82) is 0 Å². The number of methoxy groups -OCH3 is 2. The summed E-state index contributed by atoms with van der Waals surface area (Å²) in [5.74, 6) is -1.07. The van der Waals surface area contributed by atoms with Gasteiger partial charge < -0.3 is 14.6 Å². The maximum absolute atomic E-state index is 11.5. The minimum atomic E-state index is -0.617. The number of carbonyl (C=O) groups is 2. The van der Waals surface area contributed by atoms with E-state index in [-0.39, 0.29) is 17.7 Å². The SMILES string of the molecule is COC(=O)/C=C(\Cc1ccc(O)cc1)C(=O)OC. The Bertz CT molecular complexity index is 459. The number of hydrogen-bond acceptors (Lipinski definition) is 5. The first-order valence-electron chi connectivity index (χ1n) is 5.21. The quantitative estimate of drug-likeness (QED) is 0.642. The van der Waals surface area contributed by atoms with Crippen LogP contribution in [0.3, 0.4) is 0 Å². The summed E-state index contributed by atoms with van der Waals surface area (Å²) in [7, 11) is 2.47. The molecule has 1 aromatic rings. The molecule has 0 heterocycles. The Morgan fingerprint density at radius 3 is 2.28 bits per heavy atom. The predicted octanol–water partition coefficient (Wildman–Crippen LogP) is 1.21. The lowest BCUT2D eigenvalue weighted by Gasteiger charge is -2.05. The summed E-state index contributed by atoms with van der Waals surface area (Å²) < 4.78 is 9.06. The van der Waals surface area contributed by atoms with E-state index in [1.54, 1.807) is 12.1 Å². The van der Waals surface area contributed by atoms with Crippen molar-refractivity contribution in [3.8, 4) is 5.75 Å². The van der Waals surface area contributed by atoms with Crippen LogP contribution >= 0.6 is 0 Å². The second kappa shape index (κ2) is 6.44. The Morgan fingerprint density at radius 2 is 1.78 bits per heavy atom. The molecule has 0 bridgehead atoms. The summed E-state index contributed by atoms with van der Waals surface area (Å²) in [5.41, 5.74) is 0.961. The number of phenols is 1. The lowest BCUT2D eigenvalue weighted by molar-refractivity contribution is -0.138. The van der Waals surface area contributed by atoms with Gasteiger partial charge in [-0.05, 0) is 17.7 Å². The third kappa shape index (κ3) is 3.93. The molecule has 1 rings (SSSR count). The first kappa shape index (κ1) is 13.8. The highest BCUT2D eigenvalue weighted by molar-refractivity contribution is 5.96. The second-order valence-corrected chi connectivity index (χ2v) is 3.53. The Kier molecular flexibility index (Phi) is 4.92. The molecule has 0 fully saturated rings. The molecule has 1 aromatic carbocycles. The number of phenolic OH excluding ortho intramolecular Hbond substituents is 1. The van der Waals surface area contributed by atoms with Gasteiger partial charge in [0.2, 0.25) is 0 Å². The zero-order valence-electron chi connectivity index (χ0n) is 10.2. The third-order valence-electron chi connectivity index (χ3n) is 2.27. The van der Waals surface area contributed by atoms with Gasteiger partial charge in [0.25, 0.3) is 0 Å². The normalized spacial score (nSPS) is 10.9. The molecule has 18 heavy (non-hydrogen) atoms. The number of rotatable bonds is 4. The summed E-state index contributed by atoms with van der Waals surface area (Å²) in [4.78, 5) is 22.6. The van der Waals surface area contributed by atoms with Gasteiger partial charge >= 0.3 is 11.9 Å². The smallest absolute Gasteiger partial charge is 0.334 e. The fourth-order valence-corrected chi connectivity index (χ4v) is 1.35. The molecule has 0 aliphatic heterocycles. The topological polar surface area (TPSA) is 72.8 Å². The van der Waals surface area contributed by atoms with Gasteiger partial charge in [-0.2, -0.15) is 0 Å². The van der Waals surface area contributed by atoms with Crippen LogP contribution in [0.5, 0.6) is 5.75 Å². The van der Waals surface area contributed by atoms with Crippen LogP contribution in [0.15, 0.2) is 35.9 Å². The molecular formula is C13H14O5. The van der Waals surface area contributed by atoms with Crippen LogP contribution in [-0.4, -0.2) is 31.3 Å². The summed E-state index contributed by atoms with van der Waals surface area (Å²) in [5, 5.41) is 9.15. The van der Waals surface area contributed by atoms with Crippen LogP contribution in [0.2, 0.25) is 0 Å². The third-order valence-corrected chi connectivity index (χ3v) is 2.27. The highest BCUT2D eigenvalue weighted by Gasteiger charge is 2.13. The number of hydrogen-bond donors (Lipinski definition) is 1. The fraction of sp³-hybridized carbons (Fsp3) is 0.231. The zero-order valence-corrected chi connectivity index (χ0v) is 10.2. The molecule has 0 aliphatic rings. The summed E-state index contributed by atoms with van der Waals surface area (Å²) in [6.45, 7) is 0. The van der Waals surface area contributed by atoms with Crippen LogP contribution in [0.25, 0.3) is 0 Å². The molecule has 5 nitrogen and oxygen atoms in total. The van der Waals surface area contributed by atoms with E-state index < -0.39 is 11.9 Å². The van der Waals surface area contributed by atoms with Crippen molar-refractivity contribution in [2.24, 2.45) is 0 Å². The summed E-state index contributed by atoms with van der Waals surface area (Å²) >= 11 is 0. The van der Waals surface area contributed by atoms with Crippen molar-refractivity contribution in [1.82, 2.24) is 0 Å².